The summed E-state index contributed by atoms with van der Waals surface area (Å²) >= 11 is 3.49. The van der Waals surface area contributed by atoms with Crippen molar-refractivity contribution >= 4 is 51.8 Å². The first-order valence-electron chi connectivity index (χ1n) is 8.47. The summed E-state index contributed by atoms with van der Waals surface area (Å²) in [7, 11) is 5.78. The summed E-state index contributed by atoms with van der Waals surface area (Å²) in [5.41, 5.74) is 2.03. The second-order valence-corrected chi connectivity index (χ2v) is 7.05. The first-order chi connectivity index (χ1) is 12.4. The van der Waals surface area contributed by atoms with Gasteiger partial charge in [-0.3, -0.25) is 9.79 Å². The molecule has 0 saturated carbocycles. The van der Waals surface area contributed by atoms with Gasteiger partial charge in [0.05, 0.1) is 12.8 Å². The van der Waals surface area contributed by atoms with Gasteiger partial charge in [0.1, 0.15) is 0 Å². The van der Waals surface area contributed by atoms with Crippen molar-refractivity contribution < 1.29 is 9.21 Å². The summed E-state index contributed by atoms with van der Waals surface area (Å²) in [6.07, 6.45) is 4.34. The number of aliphatic imine (C=N–C) groups is 1. The average Bonchev–Trinajstić information content (AvgIpc) is 3.15. The van der Waals surface area contributed by atoms with Crippen LogP contribution < -0.4 is 10.6 Å². The molecule has 0 bridgehead atoms. The number of guanidine groups is 1. The quantitative estimate of drug-likeness (QED) is 0.240. The topological polar surface area (TPSA) is 74.8 Å². The Morgan fingerprint density at radius 1 is 1.37 bits per heavy atom. The summed E-state index contributed by atoms with van der Waals surface area (Å²) < 4.78 is 8.33. The van der Waals surface area contributed by atoms with Crippen LogP contribution in [-0.2, 0) is 13.6 Å². The van der Waals surface area contributed by atoms with Crippen LogP contribution >= 0.6 is 39.9 Å². The number of hydrogen-bond donors (Lipinski definition) is 2. The SMILES string of the molecule is CN=C(NCCCNC(=O)c1occc1C)N(C)Cc1cc(Br)cn1C.I. The summed E-state index contributed by atoms with van der Waals surface area (Å²) in [4.78, 5) is 18.3. The van der Waals surface area contributed by atoms with Crippen molar-refractivity contribution in [1.29, 1.82) is 0 Å². The number of aryl methyl sites for hydroxylation is 2. The first-order valence-corrected chi connectivity index (χ1v) is 9.26. The van der Waals surface area contributed by atoms with Crippen LogP contribution in [0.4, 0.5) is 0 Å². The third kappa shape index (κ3) is 6.87. The second kappa shape index (κ2) is 11.4. The summed E-state index contributed by atoms with van der Waals surface area (Å²) in [5.74, 6) is 1.01. The monoisotopic (exact) mass is 551 g/mol. The van der Waals surface area contributed by atoms with Gasteiger partial charge in [0, 0.05) is 56.2 Å². The third-order valence-electron chi connectivity index (χ3n) is 4.04. The van der Waals surface area contributed by atoms with Gasteiger partial charge in [0.2, 0.25) is 0 Å². The van der Waals surface area contributed by atoms with Crippen LogP contribution in [0, 0.1) is 6.92 Å². The van der Waals surface area contributed by atoms with Crippen LogP contribution in [0.15, 0.2) is 38.5 Å². The van der Waals surface area contributed by atoms with E-state index in [-0.39, 0.29) is 29.9 Å². The molecule has 0 radical (unpaired) electrons. The molecular formula is C18H27BrIN5O2. The molecule has 2 aromatic rings. The highest BCUT2D eigenvalue weighted by Crippen LogP contribution is 2.15. The molecule has 150 valence electrons. The lowest BCUT2D eigenvalue weighted by molar-refractivity contribution is 0.0925. The highest BCUT2D eigenvalue weighted by molar-refractivity contribution is 14.0. The summed E-state index contributed by atoms with van der Waals surface area (Å²) in [6, 6.07) is 3.87. The smallest absolute Gasteiger partial charge is 0.287 e. The number of furan rings is 1. The maximum atomic E-state index is 12.0. The minimum absolute atomic E-state index is 0. The molecule has 7 nitrogen and oxygen atoms in total. The zero-order valence-electron chi connectivity index (χ0n) is 16.1. The van der Waals surface area contributed by atoms with E-state index in [1.165, 1.54) is 12.0 Å². The van der Waals surface area contributed by atoms with Crippen molar-refractivity contribution in [3.05, 3.63) is 46.1 Å². The molecule has 1 amide bonds. The van der Waals surface area contributed by atoms with E-state index in [0.29, 0.717) is 18.8 Å². The van der Waals surface area contributed by atoms with Crippen LogP contribution in [0.2, 0.25) is 0 Å². The van der Waals surface area contributed by atoms with Crippen molar-refractivity contribution in [2.75, 3.05) is 27.2 Å². The van der Waals surface area contributed by atoms with Crippen molar-refractivity contribution in [3.8, 4) is 0 Å². The maximum Gasteiger partial charge on any atom is 0.287 e. The fourth-order valence-electron chi connectivity index (χ4n) is 2.60. The summed E-state index contributed by atoms with van der Waals surface area (Å²) in [5, 5.41) is 6.18. The minimum Gasteiger partial charge on any atom is -0.459 e. The molecule has 2 N–H and O–H groups in total. The number of carbonyl (C=O) groups is 1. The molecule has 2 rings (SSSR count). The number of rotatable bonds is 7. The Morgan fingerprint density at radius 2 is 2.07 bits per heavy atom. The van der Waals surface area contributed by atoms with Gasteiger partial charge in [-0.2, -0.15) is 0 Å². The molecule has 0 saturated heterocycles. The van der Waals surface area contributed by atoms with Crippen molar-refractivity contribution in [2.24, 2.45) is 12.0 Å². The van der Waals surface area contributed by atoms with Gasteiger partial charge in [-0.25, -0.2) is 0 Å². The van der Waals surface area contributed by atoms with Gasteiger partial charge >= 0.3 is 0 Å². The van der Waals surface area contributed by atoms with Crippen molar-refractivity contribution in [1.82, 2.24) is 20.1 Å². The van der Waals surface area contributed by atoms with Crippen LogP contribution in [0.1, 0.15) is 28.2 Å². The highest BCUT2D eigenvalue weighted by atomic mass is 127. The predicted octanol–water partition coefficient (Wildman–Crippen LogP) is 3.13. The van der Waals surface area contributed by atoms with E-state index in [1.807, 2.05) is 27.2 Å². The fraction of sp³-hybridized carbons (Fsp3) is 0.444. The molecule has 2 aromatic heterocycles. The number of halogens is 2. The minimum atomic E-state index is -0.178. The lowest BCUT2D eigenvalue weighted by Gasteiger charge is -2.22. The number of nitrogens with zero attached hydrogens (tertiary/aromatic N) is 3. The number of amides is 1. The predicted molar refractivity (Wildman–Crippen MR) is 122 cm³/mol. The Balaban J connectivity index is 0.00000364. The van der Waals surface area contributed by atoms with Crippen molar-refractivity contribution in [3.63, 3.8) is 0 Å². The Morgan fingerprint density at radius 3 is 2.63 bits per heavy atom. The van der Waals surface area contributed by atoms with Crippen LogP contribution in [0.5, 0.6) is 0 Å². The van der Waals surface area contributed by atoms with E-state index >= 15 is 0 Å². The standard InChI is InChI=1S/C18H26BrN5O2.HI/c1-13-6-9-26-16(13)17(25)21-7-5-8-22-18(20-2)24(4)12-15-10-14(19)11-23(15)3;/h6,9-11H,5,7-8,12H2,1-4H3,(H,20,22)(H,21,25);1H. The van der Waals surface area contributed by atoms with Gasteiger partial charge in [0.15, 0.2) is 11.7 Å². The molecule has 0 atom stereocenters. The molecule has 0 aliphatic rings. The zero-order chi connectivity index (χ0) is 19.1. The molecule has 0 aliphatic carbocycles. The number of carbonyl (C=O) groups excluding carboxylic acids is 1. The molecule has 9 heteroatoms. The molecular weight excluding hydrogens is 525 g/mol. The lowest BCUT2D eigenvalue weighted by atomic mass is 10.2. The van der Waals surface area contributed by atoms with E-state index in [2.05, 4.69) is 47.1 Å². The van der Waals surface area contributed by atoms with Crippen LogP contribution in [0.25, 0.3) is 0 Å². The van der Waals surface area contributed by atoms with E-state index in [4.69, 9.17) is 4.42 Å². The average molecular weight is 552 g/mol. The van der Waals surface area contributed by atoms with E-state index in [1.54, 1.807) is 13.1 Å². The second-order valence-electron chi connectivity index (χ2n) is 6.13. The van der Waals surface area contributed by atoms with Gasteiger partial charge in [-0.15, -0.1) is 24.0 Å². The Hall–Kier alpha value is -1.49. The van der Waals surface area contributed by atoms with Crippen LogP contribution in [0.3, 0.4) is 0 Å². The highest BCUT2D eigenvalue weighted by Gasteiger charge is 2.12. The molecule has 0 aromatic carbocycles. The number of aromatic nitrogens is 1. The molecule has 0 unspecified atom stereocenters. The largest absolute Gasteiger partial charge is 0.459 e. The molecule has 0 aliphatic heterocycles. The Bertz CT molecular complexity index is 772. The fourth-order valence-corrected chi connectivity index (χ4v) is 3.17. The van der Waals surface area contributed by atoms with E-state index < -0.39 is 0 Å². The normalized spacial score (nSPS) is 11.1. The number of hydrogen-bond acceptors (Lipinski definition) is 3. The van der Waals surface area contributed by atoms with Crippen molar-refractivity contribution in [2.45, 2.75) is 19.9 Å². The van der Waals surface area contributed by atoms with Gasteiger partial charge < -0.3 is 24.5 Å². The van der Waals surface area contributed by atoms with Gasteiger partial charge in [-0.05, 0) is 41.4 Å². The molecule has 0 fully saturated rings. The lowest BCUT2D eigenvalue weighted by Crippen LogP contribution is -2.40. The zero-order valence-corrected chi connectivity index (χ0v) is 20.0. The first kappa shape index (κ1) is 23.5. The van der Waals surface area contributed by atoms with E-state index in [0.717, 1.165) is 29.0 Å². The van der Waals surface area contributed by atoms with E-state index in [9.17, 15) is 4.79 Å². The molecule has 2 heterocycles. The third-order valence-corrected chi connectivity index (χ3v) is 4.47. The maximum absolute atomic E-state index is 12.0. The Kier molecular flexibility index (Phi) is 9.92. The summed E-state index contributed by atoms with van der Waals surface area (Å²) in [6.45, 7) is 3.88. The van der Waals surface area contributed by atoms with Gasteiger partial charge in [-0.1, -0.05) is 0 Å². The number of nitrogens with one attached hydrogen (secondary N) is 2. The molecule has 0 spiro atoms. The van der Waals surface area contributed by atoms with Gasteiger partial charge in [0.25, 0.3) is 5.91 Å². The Labute approximate surface area is 185 Å². The van der Waals surface area contributed by atoms with Crippen LogP contribution in [-0.4, -0.2) is 48.5 Å². The molecule has 27 heavy (non-hydrogen) atoms.